The maximum Gasteiger partial charge on any atom is 0.241 e. The van der Waals surface area contributed by atoms with Crippen molar-refractivity contribution in [1.82, 2.24) is 4.72 Å². The zero-order chi connectivity index (χ0) is 14.2. The minimum atomic E-state index is -3.62. The normalized spacial score (nSPS) is 13.7. The molecule has 6 nitrogen and oxygen atoms in total. The van der Waals surface area contributed by atoms with Crippen molar-refractivity contribution in [2.45, 2.75) is 18.4 Å². The monoisotopic (exact) mass is 295 g/mol. The number of furan rings is 1. The Hall–Kier alpha value is -1.99. The van der Waals surface area contributed by atoms with Gasteiger partial charge in [-0.2, -0.15) is 0 Å². The quantitative estimate of drug-likeness (QED) is 0.930. The molecule has 0 saturated heterocycles. The molecule has 2 aromatic rings. The molecular formula is C13H13NO5S. The molecule has 0 saturated carbocycles. The molecule has 106 valence electrons. The number of rotatable bonds is 4. The number of benzene rings is 1. The zero-order valence-corrected chi connectivity index (χ0v) is 11.6. The molecule has 1 N–H and O–H groups in total. The molecule has 20 heavy (non-hydrogen) atoms. The summed E-state index contributed by atoms with van der Waals surface area (Å²) in [5.41, 5.74) is 0. The van der Waals surface area contributed by atoms with Crippen LogP contribution in [0.4, 0.5) is 0 Å². The van der Waals surface area contributed by atoms with Gasteiger partial charge in [0.15, 0.2) is 11.5 Å². The smallest absolute Gasteiger partial charge is 0.241 e. The van der Waals surface area contributed by atoms with Crippen LogP contribution in [0, 0.1) is 6.92 Å². The molecule has 1 aromatic carbocycles. The summed E-state index contributed by atoms with van der Waals surface area (Å²) in [6.07, 6.45) is 0. The van der Waals surface area contributed by atoms with Gasteiger partial charge < -0.3 is 13.9 Å². The van der Waals surface area contributed by atoms with E-state index in [1.165, 1.54) is 12.1 Å². The third-order valence-corrected chi connectivity index (χ3v) is 4.29. The van der Waals surface area contributed by atoms with Crippen molar-refractivity contribution >= 4 is 10.0 Å². The summed E-state index contributed by atoms with van der Waals surface area (Å²) in [6, 6.07) is 8.01. The van der Waals surface area contributed by atoms with Crippen LogP contribution in [0.2, 0.25) is 0 Å². The Kier molecular flexibility index (Phi) is 3.15. The molecular weight excluding hydrogens is 282 g/mol. The lowest BCUT2D eigenvalue weighted by Crippen LogP contribution is -2.22. The molecule has 0 atom stereocenters. The Morgan fingerprint density at radius 1 is 1.15 bits per heavy atom. The molecule has 1 aliphatic rings. The van der Waals surface area contributed by atoms with Gasteiger partial charge in [0.1, 0.15) is 11.5 Å². The lowest BCUT2D eigenvalue weighted by atomic mass is 10.3. The lowest BCUT2D eigenvalue weighted by molar-refractivity contribution is 0.174. The Morgan fingerprint density at radius 2 is 1.95 bits per heavy atom. The number of hydrogen-bond donors (Lipinski definition) is 1. The second-order valence-electron chi connectivity index (χ2n) is 4.35. The van der Waals surface area contributed by atoms with E-state index >= 15 is 0 Å². The number of aryl methyl sites for hydroxylation is 1. The molecule has 0 unspecified atom stereocenters. The van der Waals surface area contributed by atoms with Gasteiger partial charge in [0.2, 0.25) is 16.8 Å². The molecule has 1 aliphatic heterocycles. The van der Waals surface area contributed by atoms with Crippen molar-refractivity contribution in [1.29, 1.82) is 0 Å². The van der Waals surface area contributed by atoms with E-state index in [2.05, 4.69) is 4.72 Å². The van der Waals surface area contributed by atoms with Crippen LogP contribution in [0.3, 0.4) is 0 Å². The van der Waals surface area contributed by atoms with Crippen LogP contribution in [0.5, 0.6) is 11.5 Å². The average Bonchev–Trinajstić information content (AvgIpc) is 3.04. The molecule has 1 aromatic heterocycles. The highest BCUT2D eigenvalue weighted by Gasteiger charge is 2.20. The summed E-state index contributed by atoms with van der Waals surface area (Å²) in [5.74, 6) is 2.28. The van der Waals surface area contributed by atoms with E-state index in [0.717, 1.165) is 5.76 Å². The Balaban J connectivity index is 1.78. The van der Waals surface area contributed by atoms with Gasteiger partial charge in [-0.1, -0.05) is 0 Å². The van der Waals surface area contributed by atoms with E-state index in [-0.39, 0.29) is 18.2 Å². The van der Waals surface area contributed by atoms with Crippen molar-refractivity contribution in [2.75, 3.05) is 6.79 Å². The average molecular weight is 295 g/mol. The first kappa shape index (κ1) is 13.0. The van der Waals surface area contributed by atoms with Crippen molar-refractivity contribution in [2.24, 2.45) is 0 Å². The first-order valence-electron chi connectivity index (χ1n) is 5.99. The maximum atomic E-state index is 12.2. The van der Waals surface area contributed by atoms with E-state index in [1.54, 1.807) is 25.1 Å². The van der Waals surface area contributed by atoms with Crippen LogP contribution in [0.25, 0.3) is 0 Å². The molecule has 0 radical (unpaired) electrons. The van der Waals surface area contributed by atoms with Crippen LogP contribution in [0.1, 0.15) is 11.5 Å². The van der Waals surface area contributed by atoms with E-state index < -0.39 is 10.0 Å². The predicted octanol–water partition coefficient (Wildman–Crippen LogP) is 1.80. The third-order valence-electron chi connectivity index (χ3n) is 2.89. The highest BCUT2D eigenvalue weighted by molar-refractivity contribution is 7.89. The maximum absolute atomic E-state index is 12.2. The minimum Gasteiger partial charge on any atom is -0.465 e. The molecule has 0 fully saturated rings. The van der Waals surface area contributed by atoms with Crippen molar-refractivity contribution in [3.8, 4) is 11.5 Å². The first-order valence-corrected chi connectivity index (χ1v) is 7.47. The fourth-order valence-electron chi connectivity index (χ4n) is 1.87. The second kappa shape index (κ2) is 4.84. The van der Waals surface area contributed by atoms with E-state index in [4.69, 9.17) is 13.9 Å². The Bertz CT molecular complexity index is 735. The largest absolute Gasteiger partial charge is 0.465 e. The fraction of sp³-hybridized carbons (Fsp3) is 0.231. The molecule has 2 heterocycles. The highest BCUT2D eigenvalue weighted by atomic mass is 32.2. The van der Waals surface area contributed by atoms with Crippen LogP contribution in [-0.2, 0) is 16.6 Å². The fourth-order valence-corrected chi connectivity index (χ4v) is 2.88. The zero-order valence-electron chi connectivity index (χ0n) is 10.8. The third kappa shape index (κ3) is 2.50. The topological polar surface area (TPSA) is 77.8 Å². The van der Waals surface area contributed by atoms with Crippen molar-refractivity contribution in [3.05, 3.63) is 41.9 Å². The summed E-state index contributed by atoms with van der Waals surface area (Å²) in [7, 11) is -3.62. The summed E-state index contributed by atoms with van der Waals surface area (Å²) >= 11 is 0. The summed E-state index contributed by atoms with van der Waals surface area (Å²) in [6.45, 7) is 2.01. The SMILES string of the molecule is Cc1ccc(CNS(=O)(=O)c2ccc3c(c2)OCO3)o1. The van der Waals surface area contributed by atoms with Gasteiger partial charge in [-0.05, 0) is 31.2 Å². The van der Waals surface area contributed by atoms with Gasteiger partial charge in [0.25, 0.3) is 0 Å². The first-order chi connectivity index (χ1) is 9.54. The number of nitrogens with one attached hydrogen (secondary N) is 1. The summed E-state index contributed by atoms with van der Waals surface area (Å²) in [4.78, 5) is 0.130. The highest BCUT2D eigenvalue weighted by Crippen LogP contribution is 2.33. The van der Waals surface area contributed by atoms with Gasteiger partial charge in [0, 0.05) is 6.07 Å². The number of hydrogen-bond acceptors (Lipinski definition) is 5. The Morgan fingerprint density at radius 3 is 2.70 bits per heavy atom. The number of fused-ring (bicyclic) bond motifs is 1. The van der Waals surface area contributed by atoms with Gasteiger partial charge in [-0.3, -0.25) is 0 Å². The molecule has 7 heteroatoms. The predicted molar refractivity (Wildman–Crippen MR) is 70.0 cm³/mol. The van der Waals surface area contributed by atoms with Crippen LogP contribution in [-0.4, -0.2) is 15.2 Å². The van der Waals surface area contributed by atoms with E-state index in [1.807, 2.05) is 0 Å². The standard InChI is InChI=1S/C13H13NO5S/c1-9-2-3-10(19-9)7-14-20(15,16)11-4-5-12-13(6-11)18-8-17-12/h2-6,14H,7-8H2,1H3. The van der Waals surface area contributed by atoms with E-state index in [0.29, 0.717) is 17.3 Å². The second-order valence-corrected chi connectivity index (χ2v) is 6.12. The van der Waals surface area contributed by atoms with Crippen molar-refractivity contribution < 1.29 is 22.3 Å². The van der Waals surface area contributed by atoms with Crippen molar-refractivity contribution in [3.63, 3.8) is 0 Å². The lowest BCUT2D eigenvalue weighted by Gasteiger charge is -2.06. The van der Waals surface area contributed by atoms with Gasteiger partial charge >= 0.3 is 0 Å². The molecule has 0 bridgehead atoms. The molecule has 3 rings (SSSR count). The number of sulfonamides is 1. The van der Waals surface area contributed by atoms with Gasteiger partial charge in [-0.25, -0.2) is 13.1 Å². The van der Waals surface area contributed by atoms with Crippen LogP contribution >= 0.6 is 0 Å². The molecule has 0 aliphatic carbocycles. The van der Waals surface area contributed by atoms with Gasteiger partial charge in [0.05, 0.1) is 11.4 Å². The summed E-state index contributed by atoms with van der Waals surface area (Å²) < 4.78 is 42.4. The number of ether oxygens (including phenoxy) is 2. The van der Waals surface area contributed by atoms with E-state index in [9.17, 15) is 8.42 Å². The van der Waals surface area contributed by atoms with Gasteiger partial charge in [-0.15, -0.1) is 0 Å². The van der Waals surface area contributed by atoms with Crippen LogP contribution < -0.4 is 14.2 Å². The van der Waals surface area contributed by atoms with Crippen LogP contribution in [0.15, 0.2) is 39.6 Å². The summed E-state index contributed by atoms with van der Waals surface area (Å²) in [5, 5.41) is 0. The molecule has 0 amide bonds. The Labute approximate surface area is 116 Å². The minimum absolute atomic E-state index is 0.102. The molecule has 0 spiro atoms.